The highest BCUT2D eigenvalue weighted by atomic mass is 35.5. The van der Waals surface area contributed by atoms with Gasteiger partial charge in [0.05, 0.1) is 0 Å². The molecule has 0 aromatic carbocycles. The summed E-state index contributed by atoms with van der Waals surface area (Å²) in [7, 11) is 0. The fourth-order valence-corrected chi connectivity index (χ4v) is 1.86. The van der Waals surface area contributed by atoms with Gasteiger partial charge in [0.2, 0.25) is 0 Å². The topological polar surface area (TPSA) is 23.5 Å². The molecule has 0 aromatic rings. The van der Waals surface area contributed by atoms with Crippen LogP contribution in [0.2, 0.25) is 0 Å². The molecule has 0 saturated carbocycles. The Balaban J connectivity index is 2.21. The van der Waals surface area contributed by atoms with E-state index < -0.39 is 0 Å². The SMILES string of the molecule is OC[C@@H]1CCCN(CCCl)C1. The molecule has 0 spiro atoms. The van der Waals surface area contributed by atoms with Crippen molar-refractivity contribution in [3.05, 3.63) is 0 Å². The van der Waals surface area contributed by atoms with E-state index in [1.165, 1.54) is 12.8 Å². The Morgan fingerprint density at radius 1 is 1.55 bits per heavy atom. The van der Waals surface area contributed by atoms with E-state index in [1.54, 1.807) is 0 Å². The van der Waals surface area contributed by atoms with Gasteiger partial charge in [-0.1, -0.05) is 0 Å². The van der Waals surface area contributed by atoms with E-state index in [0.717, 1.165) is 19.6 Å². The highest BCUT2D eigenvalue weighted by Crippen LogP contribution is 2.15. The molecule has 1 rings (SSSR count). The van der Waals surface area contributed by atoms with Gasteiger partial charge in [0.25, 0.3) is 0 Å². The molecule has 1 aliphatic heterocycles. The molecular weight excluding hydrogens is 162 g/mol. The van der Waals surface area contributed by atoms with Gasteiger partial charge in [-0.3, -0.25) is 0 Å². The van der Waals surface area contributed by atoms with E-state index in [9.17, 15) is 0 Å². The zero-order valence-corrected chi connectivity index (χ0v) is 7.56. The molecule has 0 amide bonds. The lowest BCUT2D eigenvalue weighted by Gasteiger charge is -2.30. The fourth-order valence-electron chi connectivity index (χ4n) is 1.62. The minimum Gasteiger partial charge on any atom is -0.396 e. The minimum absolute atomic E-state index is 0.332. The van der Waals surface area contributed by atoms with Crippen LogP contribution in [0, 0.1) is 5.92 Å². The number of alkyl halides is 1. The lowest BCUT2D eigenvalue weighted by molar-refractivity contribution is 0.125. The van der Waals surface area contributed by atoms with Gasteiger partial charge in [0, 0.05) is 25.6 Å². The van der Waals surface area contributed by atoms with Crippen LogP contribution in [0.15, 0.2) is 0 Å². The van der Waals surface area contributed by atoms with E-state index in [-0.39, 0.29) is 0 Å². The van der Waals surface area contributed by atoms with Crippen molar-refractivity contribution in [2.45, 2.75) is 12.8 Å². The van der Waals surface area contributed by atoms with Crippen LogP contribution >= 0.6 is 11.6 Å². The van der Waals surface area contributed by atoms with Crippen LogP contribution in [0.5, 0.6) is 0 Å². The molecule has 0 radical (unpaired) electrons. The van der Waals surface area contributed by atoms with E-state index in [0.29, 0.717) is 18.4 Å². The zero-order valence-electron chi connectivity index (χ0n) is 6.80. The molecule has 1 saturated heterocycles. The van der Waals surface area contributed by atoms with E-state index in [1.807, 2.05) is 0 Å². The Morgan fingerprint density at radius 2 is 2.36 bits per heavy atom. The Hall–Kier alpha value is 0.210. The van der Waals surface area contributed by atoms with Crippen LogP contribution in [0.25, 0.3) is 0 Å². The first-order valence-corrected chi connectivity index (χ1v) is 4.79. The molecule has 1 aliphatic rings. The summed E-state index contributed by atoms with van der Waals surface area (Å²) in [5.41, 5.74) is 0. The number of piperidine rings is 1. The first kappa shape index (κ1) is 9.30. The van der Waals surface area contributed by atoms with Gasteiger partial charge < -0.3 is 10.0 Å². The summed E-state index contributed by atoms with van der Waals surface area (Å²) in [4.78, 5) is 2.33. The Bertz CT molecular complexity index is 108. The van der Waals surface area contributed by atoms with Gasteiger partial charge in [-0.25, -0.2) is 0 Å². The van der Waals surface area contributed by atoms with Gasteiger partial charge in [-0.15, -0.1) is 11.6 Å². The number of hydrogen-bond acceptors (Lipinski definition) is 2. The maximum Gasteiger partial charge on any atom is 0.0471 e. The van der Waals surface area contributed by atoms with Crippen LogP contribution < -0.4 is 0 Å². The van der Waals surface area contributed by atoms with Crippen molar-refractivity contribution in [3.63, 3.8) is 0 Å². The van der Waals surface area contributed by atoms with Crippen molar-refractivity contribution in [1.29, 1.82) is 0 Å². The summed E-state index contributed by atoms with van der Waals surface area (Å²) in [6.45, 7) is 3.49. The van der Waals surface area contributed by atoms with Crippen molar-refractivity contribution in [2.75, 3.05) is 32.1 Å². The normalized spacial score (nSPS) is 27.3. The van der Waals surface area contributed by atoms with Gasteiger partial charge in [0.1, 0.15) is 0 Å². The van der Waals surface area contributed by atoms with Gasteiger partial charge in [-0.2, -0.15) is 0 Å². The molecule has 0 aromatic heterocycles. The molecule has 11 heavy (non-hydrogen) atoms. The quantitative estimate of drug-likeness (QED) is 0.649. The highest BCUT2D eigenvalue weighted by molar-refractivity contribution is 6.18. The van der Waals surface area contributed by atoms with E-state index >= 15 is 0 Å². The first-order chi connectivity index (χ1) is 5.36. The monoisotopic (exact) mass is 177 g/mol. The zero-order chi connectivity index (χ0) is 8.10. The number of aliphatic hydroxyl groups excluding tert-OH is 1. The van der Waals surface area contributed by atoms with Crippen LogP contribution in [-0.2, 0) is 0 Å². The van der Waals surface area contributed by atoms with Crippen molar-refractivity contribution in [1.82, 2.24) is 4.90 Å². The molecule has 2 nitrogen and oxygen atoms in total. The number of hydrogen-bond donors (Lipinski definition) is 1. The maximum absolute atomic E-state index is 8.92. The van der Waals surface area contributed by atoms with Crippen LogP contribution in [0.3, 0.4) is 0 Å². The first-order valence-electron chi connectivity index (χ1n) is 4.26. The van der Waals surface area contributed by atoms with Crippen molar-refractivity contribution < 1.29 is 5.11 Å². The molecule has 1 fully saturated rings. The van der Waals surface area contributed by atoms with Crippen molar-refractivity contribution in [3.8, 4) is 0 Å². The molecule has 0 bridgehead atoms. The van der Waals surface area contributed by atoms with Crippen LogP contribution in [0.1, 0.15) is 12.8 Å². The van der Waals surface area contributed by atoms with Gasteiger partial charge in [0.15, 0.2) is 0 Å². The Morgan fingerprint density at radius 3 is 3.00 bits per heavy atom. The third kappa shape index (κ3) is 2.97. The summed E-state index contributed by atoms with van der Waals surface area (Å²) >= 11 is 5.62. The predicted octanol–water partition coefficient (Wildman–Crippen LogP) is 0.929. The maximum atomic E-state index is 8.92. The fraction of sp³-hybridized carbons (Fsp3) is 1.00. The number of aliphatic hydroxyl groups is 1. The summed E-state index contributed by atoms with van der Waals surface area (Å²) in [6.07, 6.45) is 2.39. The molecule has 1 N–H and O–H groups in total. The average molecular weight is 178 g/mol. The van der Waals surface area contributed by atoms with E-state index in [4.69, 9.17) is 16.7 Å². The average Bonchev–Trinajstić information content (AvgIpc) is 2.06. The lowest BCUT2D eigenvalue weighted by Crippen LogP contribution is -2.37. The third-order valence-corrected chi connectivity index (χ3v) is 2.43. The second-order valence-electron chi connectivity index (χ2n) is 3.18. The second kappa shape index (κ2) is 4.96. The highest BCUT2D eigenvalue weighted by Gasteiger charge is 2.17. The minimum atomic E-state index is 0.332. The second-order valence-corrected chi connectivity index (χ2v) is 3.56. The van der Waals surface area contributed by atoms with Gasteiger partial charge in [-0.05, 0) is 25.3 Å². The summed E-state index contributed by atoms with van der Waals surface area (Å²) in [6, 6.07) is 0. The Kier molecular flexibility index (Phi) is 4.20. The number of rotatable bonds is 3. The van der Waals surface area contributed by atoms with Crippen molar-refractivity contribution >= 4 is 11.6 Å². The largest absolute Gasteiger partial charge is 0.396 e. The number of likely N-dealkylation sites (tertiary alicyclic amines) is 1. The number of nitrogens with zero attached hydrogens (tertiary/aromatic N) is 1. The van der Waals surface area contributed by atoms with E-state index in [2.05, 4.69) is 4.90 Å². The summed E-state index contributed by atoms with van der Waals surface area (Å²) in [5, 5.41) is 8.92. The number of halogens is 1. The third-order valence-electron chi connectivity index (χ3n) is 2.26. The molecule has 0 aliphatic carbocycles. The predicted molar refractivity (Wildman–Crippen MR) is 47.0 cm³/mol. The molecule has 0 unspecified atom stereocenters. The van der Waals surface area contributed by atoms with Gasteiger partial charge >= 0.3 is 0 Å². The standard InChI is InChI=1S/C8H16ClNO/c9-3-5-10-4-1-2-8(6-10)7-11/h8,11H,1-7H2/t8-/m1/s1. The molecule has 1 atom stereocenters. The molecular formula is C8H16ClNO. The molecule has 3 heteroatoms. The molecule has 66 valence electrons. The Labute approximate surface area is 73.1 Å². The summed E-state index contributed by atoms with van der Waals surface area (Å²) in [5.74, 6) is 1.20. The van der Waals surface area contributed by atoms with Crippen LogP contribution in [0.4, 0.5) is 0 Å². The van der Waals surface area contributed by atoms with Crippen molar-refractivity contribution in [2.24, 2.45) is 5.92 Å². The smallest absolute Gasteiger partial charge is 0.0471 e. The summed E-state index contributed by atoms with van der Waals surface area (Å²) < 4.78 is 0. The molecule has 1 heterocycles. The van der Waals surface area contributed by atoms with Crippen LogP contribution in [-0.4, -0.2) is 42.1 Å². The lowest BCUT2D eigenvalue weighted by atomic mass is 9.99.